The molecule has 5 heteroatoms. The van der Waals surface area contributed by atoms with E-state index in [0.717, 1.165) is 22.2 Å². The molecule has 0 saturated heterocycles. The molecule has 0 saturated carbocycles. The second-order valence-electron chi connectivity index (χ2n) is 4.61. The minimum Gasteiger partial charge on any atom is -0.355 e. The number of aromatic nitrogens is 1. The molecule has 1 N–H and O–H groups in total. The number of rotatable bonds is 3. The summed E-state index contributed by atoms with van der Waals surface area (Å²) in [5, 5.41) is 12.3. The molecule has 0 amide bonds. The number of nitrogens with zero attached hydrogens (tertiary/aromatic N) is 1. The third-order valence-corrected chi connectivity index (χ3v) is 3.53. The van der Waals surface area contributed by atoms with Gasteiger partial charge in [0, 0.05) is 33.8 Å². The summed E-state index contributed by atoms with van der Waals surface area (Å²) in [6.07, 6.45) is 3.80. The van der Waals surface area contributed by atoms with Crippen molar-refractivity contribution in [2.75, 3.05) is 0 Å². The zero-order valence-electron chi connectivity index (χ0n) is 10.9. The lowest BCUT2D eigenvalue weighted by Gasteiger charge is -1.95. The SMILES string of the molecule is O=[N+]([O-])c1ccc2[nH]c(/C=C/c3ccccc3Cl)cc2c1. The van der Waals surface area contributed by atoms with E-state index in [0.29, 0.717) is 5.02 Å². The molecule has 4 nitrogen and oxygen atoms in total. The molecule has 0 bridgehead atoms. The molecule has 0 fully saturated rings. The molecule has 3 rings (SSSR count). The Bertz CT molecular complexity index is 852. The molecule has 0 atom stereocenters. The van der Waals surface area contributed by atoms with Crippen molar-refractivity contribution in [3.05, 3.63) is 74.9 Å². The maximum Gasteiger partial charge on any atom is 0.270 e. The number of nitrogens with one attached hydrogen (secondary N) is 1. The second-order valence-corrected chi connectivity index (χ2v) is 5.02. The van der Waals surface area contributed by atoms with Crippen molar-refractivity contribution in [1.82, 2.24) is 4.98 Å². The summed E-state index contributed by atoms with van der Waals surface area (Å²) in [5.41, 5.74) is 2.73. The van der Waals surface area contributed by atoms with Gasteiger partial charge in [0.25, 0.3) is 5.69 Å². The normalized spacial score (nSPS) is 11.3. The van der Waals surface area contributed by atoms with Gasteiger partial charge in [0.15, 0.2) is 0 Å². The lowest BCUT2D eigenvalue weighted by atomic mass is 10.2. The highest BCUT2D eigenvalue weighted by atomic mass is 35.5. The molecule has 0 unspecified atom stereocenters. The summed E-state index contributed by atoms with van der Waals surface area (Å²) in [7, 11) is 0. The first-order chi connectivity index (χ1) is 10.1. The maximum atomic E-state index is 10.8. The van der Waals surface area contributed by atoms with Gasteiger partial charge < -0.3 is 4.98 Å². The van der Waals surface area contributed by atoms with Crippen LogP contribution in [0, 0.1) is 10.1 Å². The molecular formula is C16H11ClN2O2. The number of hydrogen-bond acceptors (Lipinski definition) is 2. The van der Waals surface area contributed by atoms with Crippen molar-refractivity contribution in [2.24, 2.45) is 0 Å². The summed E-state index contributed by atoms with van der Waals surface area (Å²) >= 11 is 6.09. The third kappa shape index (κ3) is 2.80. The van der Waals surface area contributed by atoms with Crippen LogP contribution in [0.2, 0.25) is 5.02 Å². The highest BCUT2D eigenvalue weighted by molar-refractivity contribution is 6.32. The Kier molecular flexibility index (Phi) is 3.46. The molecule has 1 aromatic heterocycles. The monoisotopic (exact) mass is 298 g/mol. The number of halogens is 1. The van der Waals surface area contributed by atoms with Crippen LogP contribution in [-0.4, -0.2) is 9.91 Å². The molecule has 104 valence electrons. The van der Waals surface area contributed by atoms with E-state index in [1.54, 1.807) is 12.1 Å². The van der Waals surface area contributed by atoms with Crippen molar-refractivity contribution in [3.63, 3.8) is 0 Å². The standard InChI is InChI=1S/C16H11ClN2O2/c17-15-4-2-1-3-11(15)5-6-13-9-12-10-14(19(20)21)7-8-16(12)18-13/h1-10,18H/b6-5+. The second kappa shape index (κ2) is 5.42. The number of fused-ring (bicyclic) bond motifs is 1. The first kappa shape index (κ1) is 13.4. The van der Waals surface area contributed by atoms with Gasteiger partial charge in [0.1, 0.15) is 0 Å². The number of non-ortho nitro benzene ring substituents is 1. The molecule has 21 heavy (non-hydrogen) atoms. The van der Waals surface area contributed by atoms with E-state index >= 15 is 0 Å². The van der Waals surface area contributed by atoms with E-state index in [-0.39, 0.29) is 5.69 Å². The maximum absolute atomic E-state index is 10.8. The molecule has 1 heterocycles. The van der Waals surface area contributed by atoms with Crippen LogP contribution in [0.25, 0.3) is 23.1 Å². The van der Waals surface area contributed by atoms with E-state index in [9.17, 15) is 10.1 Å². The minimum atomic E-state index is -0.397. The van der Waals surface area contributed by atoms with Crippen LogP contribution in [0.5, 0.6) is 0 Å². The van der Waals surface area contributed by atoms with Crippen molar-refractivity contribution in [2.45, 2.75) is 0 Å². The fraction of sp³-hybridized carbons (Fsp3) is 0. The Morgan fingerprint density at radius 1 is 1.10 bits per heavy atom. The largest absolute Gasteiger partial charge is 0.355 e. The fourth-order valence-corrected chi connectivity index (χ4v) is 2.33. The molecule has 0 radical (unpaired) electrons. The van der Waals surface area contributed by atoms with Crippen LogP contribution in [0.15, 0.2) is 48.5 Å². The average molecular weight is 299 g/mol. The van der Waals surface area contributed by atoms with E-state index in [1.807, 2.05) is 42.5 Å². The summed E-state index contributed by atoms with van der Waals surface area (Å²) in [5.74, 6) is 0. The minimum absolute atomic E-state index is 0.0862. The zero-order valence-corrected chi connectivity index (χ0v) is 11.7. The number of nitro groups is 1. The number of aromatic amines is 1. The number of benzene rings is 2. The number of nitro benzene ring substituents is 1. The molecule has 0 spiro atoms. The summed E-state index contributed by atoms with van der Waals surface area (Å²) < 4.78 is 0. The van der Waals surface area contributed by atoms with E-state index in [1.165, 1.54) is 6.07 Å². The van der Waals surface area contributed by atoms with Gasteiger partial charge in [-0.1, -0.05) is 35.9 Å². The smallest absolute Gasteiger partial charge is 0.270 e. The van der Waals surface area contributed by atoms with Crippen LogP contribution in [-0.2, 0) is 0 Å². The van der Waals surface area contributed by atoms with Crippen molar-refractivity contribution in [1.29, 1.82) is 0 Å². The molecule has 0 aliphatic heterocycles. The lowest BCUT2D eigenvalue weighted by molar-refractivity contribution is -0.384. The fourth-order valence-electron chi connectivity index (χ4n) is 2.14. The highest BCUT2D eigenvalue weighted by Gasteiger charge is 2.07. The van der Waals surface area contributed by atoms with Crippen LogP contribution in [0.1, 0.15) is 11.3 Å². The molecule has 0 aliphatic rings. The van der Waals surface area contributed by atoms with Crippen molar-refractivity contribution in [3.8, 4) is 0 Å². The van der Waals surface area contributed by atoms with Crippen LogP contribution in [0.4, 0.5) is 5.69 Å². The van der Waals surface area contributed by atoms with Gasteiger partial charge in [-0.25, -0.2) is 0 Å². The Labute approximate surface area is 125 Å². The Hall–Kier alpha value is -2.59. The van der Waals surface area contributed by atoms with Gasteiger partial charge in [0.2, 0.25) is 0 Å². The van der Waals surface area contributed by atoms with Gasteiger partial charge in [0.05, 0.1) is 4.92 Å². The van der Waals surface area contributed by atoms with Crippen LogP contribution >= 0.6 is 11.6 Å². The Morgan fingerprint density at radius 2 is 1.90 bits per heavy atom. The third-order valence-electron chi connectivity index (χ3n) is 3.18. The number of H-pyrrole nitrogens is 1. The molecule has 2 aromatic carbocycles. The molecular weight excluding hydrogens is 288 g/mol. The van der Waals surface area contributed by atoms with Crippen molar-refractivity contribution >= 4 is 40.3 Å². The topological polar surface area (TPSA) is 58.9 Å². The van der Waals surface area contributed by atoms with Crippen molar-refractivity contribution < 1.29 is 4.92 Å². The van der Waals surface area contributed by atoms with Gasteiger partial charge >= 0.3 is 0 Å². The highest BCUT2D eigenvalue weighted by Crippen LogP contribution is 2.23. The Morgan fingerprint density at radius 3 is 2.67 bits per heavy atom. The summed E-state index contributed by atoms with van der Waals surface area (Å²) in [6, 6.07) is 14.2. The number of hydrogen-bond donors (Lipinski definition) is 1. The first-order valence-electron chi connectivity index (χ1n) is 6.33. The van der Waals surface area contributed by atoms with Gasteiger partial charge in [-0.15, -0.1) is 0 Å². The van der Waals surface area contributed by atoms with Crippen LogP contribution < -0.4 is 0 Å². The summed E-state index contributed by atoms with van der Waals surface area (Å²) in [6.45, 7) is 0. The van der Waals surface area contributed by atoms with E-state index < -0.39 is 4.92 Å². The van der Waals surface area contributed by atoms with E-state index in [2.05, 4.69) is 4.98 Å². The van der Waals surface area contributed by atoms with E-state index in [4.69, 9.17) is 11.6 Å². The molecule has 3 aromatic rings. The van der Waals surface area contributed by atoms with Gasteiger partial charge in [-0.2, -0.15) is 0 Å². The lowest BCUT2D eigenvalue weighted by Crippen LogP contribution is -1.86. The molecule has 0 aliphatic carbocycles. The van der Waals surface area contributed by atoms with Gasteiger partial charge in [-0.05, 0) is 29.8 Å². The predicted molar refractivity (Wildman–Crippen MR) is 85.3 cm³/mol. The predicted octanol–water partition coefficient (Wildman–Crippen LogP) is 4.90. The van der Waals surface area contributed by atoms with Gasteiger partial charge in [-0.3, -0.25) is 10.1 Å². The average Bonchev–Trinajstić information content (AvgIpc) is 2.88. The zero-order chi connectivity index (χ0) is 14.8. The summed E-state index contributed by atoms with van der Waals surface area (Å²) in [4.78, 5) is 13.6. The quantitative estimate of drug-likeness (QED) is 0.552. The first-order valence-corrected chi connectivity index (χ1v) is 6.71. The Balaban J connectivity index is 1.95. The van der Waals surface area contributed by atoms with Crippen LogP contribution in [0.3, 0.4) is 0 Å².